The molecule has 0 bridgehead atoms. The van der Waals surface area contributed by atoms with Gasteiger partial charge in [-0.25, -0.2) is 0 Å². The van der Waals surface area contributed by atoms with E-state index in [1.807, 2.05) is 6.92 Å². The van der Waals surface area contributed by atoms with Crippen LogP contribution in [0, 0.1) is 6.92 Å². The molecule has 1 aromatic heterocycles. The number of aromatic nitrogens is 2. The van der Waals surface area contributed by atoms with Crippen molar-refractivity contribution in [1.82, 2.24) is 10.2 Å². The van der Waals surface area contributed by atoms with Gasteiger partial charge in [-0.2, -0.15) is 5.10 Å². The molecule has 17 heavy (non-hydrogen) atoms. The summed E-state index contributed by atoms with van der Waals surface area (Å²) in [5.41, 5.74) is 5.69. The van der Waals surface area contributed by atoms with Crippen LogP contribution in [-0.4, -0.2) is 10.2 Å². The lowest BCUT2D eigenvalue weighted by molar-refractivity contribution is 0.993. The summed E-state index contributed by atoms with van der Waals surface area (Å²) in [6.45, 7) is 1.98. The molecule has 0 saturated carbocycles. The van der Waals surface area contributed by atoms with E-state index in [0.717, 1.165) is 11.4 Å². The second kappa shape index (κ2) is 2.92. The molecule has 0 radical (unpaired) electrons. The van der Waals surface area contributed by atoms with Crippen molar-refractivity contribution in [3.63, 3.8) is 0 Å². The highest BCUT2D eigenvalue weighted by Gasteiger charge is 2.22. The average Bonchev–Trinajstić information content (AvgIpc) is 2.67. The van der Waals surface area contributed by atoms with Gasteiger partial charge in [0.1, 0.15) is 5.69 Å². The summed E-state index contributed by atoms with van der Waals surface area (Å²) >= 11 is 0. The van der Waals surface area contributed by atoms with Crippen LogP contribution in [0.15, 0.2) is 42.5 Å². The smallest absolute Gasteiger partial charge is 0.101 e. The van der Waals surface area contributed by atoms with Crippen molar-refractivity contribution >= 4 is 10.8 Å². The molecule has 80 valence electrons. The predicted octanol–water partition coefficient (Wildman–Crippen LogP) is 3.59. The first-order chi connectivity index (χ1) is 8.34. The molecule has 0 aliphatic heterocycles. The number of rotatable bonds is 0. The predicted molar refractivity (Wildman–Crippen MR) is 68.7 cm³/mol. The van der Waals surface area contributed by atoms with Gasteiger partial charge in [0.25, 0.3) is 0 Å². The molecule has 0 amide bonds. The number of hydrogen-bond donors (Lipinski definition) is 0. The van der Waals surface area contributed by atoms with E-state index in [1.54, 1.807) is 0 Å². The van der Waals surface area contributed by atoms with Crippen molar-refractivity contribution in [3.05, 3.63) is 48.2 Å². The molecule has 0 fully saturated rings. The molecular weight excluding hydrogens is 208 g/mol. The lowest BCUT2D eigenvalue weighted by atomic mass is 10.0. The van der Waals surface area contributed by atoms with Crippen LogP contribution in [0.1, 0.15) is 5.69 Å². The lowest BCUT2D eigenvalue weighted by Crippen LogP contribution is -1.89. The Balaban J connectivity index is 2.26. The largest absolute Gasteiger partial charge is 0.155 e. The van der Waals surface area contributed by atoms with E-state index in [1.165, 1.54) is 27.5 Å². The number of nitrogens with zero attached hydrogens (tertiary/aromatic N) is 2. The van der Waals surface area contributed by atoms with Crippen LogP contribution in [0.25, 0.3) is 33.2 Å². The van der Waals surface area contributed by atoms with Crippen LogP contribution in [-0.2, 0) is 0 Å². The third kappa shape index (κ3) is 1.04. The molecule has 1 aliphatic rings. The highest BCUT2D eigenvalue weighted by molar-refractivity contribution is 6.14. The maximum atomic E-state index is 4.35. The van der Waals surface area contributed by atoms with Gasteiger partial charge in [0.15, 0.2) is 0 Å². The molecule has 2 nitrogen and oxygen atoms in total. The average molecular weight is 218 g/mol. The summed E-state index contributed by atoms with van der Waals surface area (Å²) in [5.74, 6) is 0. The summed E-state index contributed by atoms with van der Waals surface area (Å²) in [6, 6.07) is 14.9. The fourth-order valence-electron chi connectivity index (χ4n) is 2.66. The van der Waals surface area contributed by atoms with Crippen LogP contribution in [0.2, 0.25) is 0 Å². The molecule has 0 unspecified atom stereocenters. The molecule has 4 rings (SSSR count). The summed E-state index contributed by atoms with van der Waals surface area (Å²) < 4.78 is 0. The normalized spacial score (nSPS) is 11.8. The zero-order valence-electron chi connectivity index (χ0n) is 9.44. The Morgan fingerprint density at radius 2 is 1.59 bits per heavy atom. The van der Waals surface area contributed by atoms with E-state index in [2.05, 4.69) is 52.7 Å². The molecule has 0 N–H and O–H groups in total. The van der Waals surface area contributed by atoms with Gasteiger partial charge in [-0.1, -0.05) is 36.4 Å². The van der Waals surface area contributed by atoms with Crippen LogP contribution >= 0.6 is 0 Å². The monoisotopic (exact) mass is 218 g/mol. The van der Waals surface area contributed by atoms with E-state index in [0.29, 0.717) is 0 Å². The number of benzene rings is 2. The van der Waals surface area contributed by atoms with Gasteiger partial charge in [0.05, 0.1) is 5.69 Å². The van der Waals surface area contributed by atoms with Crippen molar-refractivity contribution < 1.29 is 0 Å². The van der Waals surface area contributed by atoms with Crippen molar-refractivity contribution in [1.29, 1.82) is 0 Å². The summed E-state index contributed by atoms with van der Waals surface area (Å²) in [6.07, 6.45) is 0. The third-order valence-electron chi connectivity index (χ3n) is 3.37. The minimum atomic E-state index is 0.966. The summed E-state index contributed by atoms with van der Waals surface area (Å²) in [7, 11) is 0. The van der Waals surface area contributed by atoms with Gasteiger partial charge >= 0.3 is 0 Å². The van der Waals surface area contributed by atoms with Gasteiger partial charge in [-0.15, -0.1) is 5.10 Å². The molecule has 0 saturated heterocycles. The quantitative estimate of drug-likeness (QED) is 0.451. The Hall–Kier alpha value is -2.22. The number of hydrogen-bond acceptors (Lipinski definition) is 2. The van der Waals surface area contributed by atoms with Crippen molar-refractivity contribution in [2.24, 2.45) is 0 Å². The van der Waals surface area contributed by atoms with E-state index >= 15 is 0 Å². The topological polar surface area (TPSA) is 25.8 Å². The molecule has 0 spiro atoms. The third-order valence-corrected chi connectivity index (χ3v) is 3.37. The van der Waals surface area contributed by atoms with Gasteiger partial charge in [-0.3, -0.25) is 0 Å². The Bertz CT molecular complexity index is 755. The lowest BCUT2D eigenvalue weighted by Gasteiger charge is -2.00. The molecule has 1 heterocycles. The molecule has 2 aromatic carbocycles. The van der Waals surface area contributed by atoms with Crippen molar-refractivity contribution in [2.45, 2.75) is 6.92 Å². The summed E-state index contributed by atoms with van der Waals surface area (Å²) in [4.78, 5) is 0. The highest BCUT2D eigenvalue weighted by Crippen LogP contribution is 2.45. The van der Waals surface area contributed by atoms with Gasteiger partial charge in [-0.05, 0) is 29.3 Å². The molecule has 3 aromatic rings. The van der Waals surface area contributed by atoms with Crippen LogP contribution in [0.4, 0.5) is 0 Å². The Kier molecular flexibility index (Phi) is 1.52. The van der Waals surface area contributed by atoms with E-state index in [4.69, 9.17) is 0 Å². The standard InChI is InChI=1S/C15H10N2/c1-9-8-13-11-6-2-4-10-5-3-7-12(14(10)11)15(13)17-16-9/h2-8H,1H3. The minimum Gasteiger partial charge on any atom is -0.155 e. The van der Waals surface area contributed by atoms with Crippen LogP contribution in [0.3, 0.4) is 0 Å². The van der Waals surface area contributed by atoms with E-state index in [9.17, 15) is 0 Å². The highest BCUT2D eigenvalue weighted by atomic mass is 15.1. The van der Waals surface area contributed by atoms with Gasteiger partial charge in [0, 0.05) is 11.1 Å². The Morgan fingerprint density at radius 3 is 2.41 bits per heavy atom. The Morgan fingerprint density at radius 1 is 0.824 bits per heavy atom. The zero-order chi connectivity index (χ0) is 11.4. The Labute approximate surface area is 98.9 Å². The zero-order valence-corrected chi connectivity index (χ0v) is 9.44. The fraction of sp³-hybridized carbons (Fsp3) is 0.0667. The van der Waals surface area contributed by atoms with Crippen LogP contribution in [0.5, 0.6) is 0 Å². The molecule has 0 atom stereocenters. The van der Waals surface area contributed by atoms with E-state index < -0.39 is 0 Å². The van der Waals surface area contributed by atoms with Crippen LogP contribution < -0.4 is 0 Å². The van der Waals surface area contributed by atoms with Crippen molar-refractivity contribution in [2.75, 3.05) is 0 Å². The van der Waals surface area contributed by atoms with Crippen molar-refractivity contribution in [3.8, 4) is 22.4 Å². The molecule has 1 aliphatic carbocycles. The number of fused-ring (bicyclic) bond motifs is 3. The first kappa shape index (κ1) is 8.88. The van der Waals surface area contributed by atoms with Gasteiger partial charge in [0.2, 0.25) is 0 Å². The SMILES string of the molecule is Cc1cc2c(nn1)-c1cccc3cccc-2c13. The first-order valence-corrected chi connectivity index (χ1v) is 5.71. The summed E-state index contributed by atoms with van der Waals surface area (Å²) in [5, 5.41) is 11.1. The fourth-order valence-corrected chi connectivity index (χ4v) is 2.66. The van der Waals surface area contributed by atoms with Gasteiger partial charge < -0.3 is 0 Å². The molecule has 2 heteroatoms. The van der Waals surface area contributed by atoms with E-state index in [-0.39, 0.29) is 0 Å². The molecular formula is C15H10N2. The second-order valence-electron chi connectivity index (χ2n) is 4.46. The minimum absolute atomic E-state index is 0.966. The first-order valence-electron chi connectivity index (χ1n) is 5.71. The number of aryl methyl sites for hydroxylation is 1. The maximum Gasteiger partial charge on any atom is 0.101 e. The second-order valence-corrected chi connectivity index (χ2v) is 4.46. The maximum absolute atomic E-state index is 4.35.